The lowest BCUT2D eigenvalue weighted by atomic mass is 9.85. The van der Waals surface area contributed by atoms with Crippen molar-refractivity contribution in [3.05, 3.63) is 47.2 Å². The third kappa shape index (κ3) is 4.18. The van der Waals surface area contributed by atoms with Crippen molar-refractivity contribution in [1.29, 1.82) is 0 Å². The molecular weight excluding hydrogens is 438 g/mol. The van der Waals surface area contributed by atoms with Crippen molar-refractivity contribution in [2.75, 3.05) is 19.8 Å². The van der Waals surface area contributed by atoms with E-state index in [1.807, 2.05) is 13.1 Å². The molecular formula is C22H24F2N4O5. The molecule has 9 nitrogen and oxygen atoms in total. The van der Waals surface area contributed by atoms with Gasteiger partial charge in [-0.1, -0.05) is 6.92 Å². The van der Waals surface area contributed by atoms with E-state index in [2.05, 4.69) is 15.4 Å². The minimum absolute atomic E-state index is 0.0136. The first-order valence-corrected chi connectivity index (χ1v) is 10.8. The molecule has 4 heterocycles. The third-order valence-corrected chi connectivity index (χ3v) is 5.86. The Balaban J connectivity index is 1.50. The minimum atomic E-state index is -3.32. The number of carbonyl (C=O) groups excluding carboxylic acids is 1. The molecule has 11 heteroatoms. The van der Waals surface area contributed by atoms with E-state index >= 15 is 0 Å². The fourth-order valence-electron chi connectivity index (χ4n) is 4.35. The van der Waals surface area contributed by atoms with E-state index in [0.29, 0.717) is 49.9 Å². The van der Waals surface area contributed by atoms with Crippen LogP contribution in [0.3, 0.4) is 0 Å². The van der Waals surface area contributed by atoms with Crippen LogP contribution in [0.15, 0.2) is 27.7 Å². The maximum atomic E-state index is 14.8. The van der Waals surface area contributed by atoms with Crippen LogP contribution < -0.4 is 5.32 Å². The molecule has 0 aromatic carbocycles. The Hall–Kier alpha value is -3.05. The van der Waals surface area contributed by atoms with E-state index in [0.717, 1.165) is 12.5 Å². The third-order valence-electron chi connectivity index (χ3n) is 5.86. The smallest absolute Gasteiger partial charge is 0.287 e. The number of fused-ring (bicyclic) bond motifs is 3. The topological polar surface area (TPSA) is 105 Å². The Bertz CT molecular complexity index is 1140. The molecule has 2 atom stereocenters. The highest BCUT2D eigenvalue weighted by atomic mass is 19.3. The average molecular weight is 462 g/mol. The van der Waals surface area contributed by atoms with E-state index < -0.39 is 23.2 Å². The largest absolute Gasteiger partial charge is 0.455 e. The highest BCUT2D eigenvalue weighted by Gasteiger charge is 2.43. The zero-order valence-electron chi connectivity index (χ0n) is 18.3. The van der Waals surface area contributed by atoms with E-state index in [1.165, 1.54) is 12.7 Å². The number of amides is 1. The van der Waals surface area contributed by atoms with Gasteiger partial charge in [0.2, 0.25) is 5.76 Å². The highest BCUT2D eigenvalue weighted by molar-refractivity contribution is 5.96. The second-order valence-electron chi connectivity index (χ2n) is 8.48. The van der Waals surface area contributed by atoms with Gasteiger partial charge in [-0.25, -0.2) is 13.8 Å². The number of nitrogens with one attached hydrogen (secondary N) is 1. The fourth-order valence-corrected chi connectivity index (χ4v) is 4.35. The van der Waals surface area contributed by atoms with Gasteiger partial charge in [0.25, 0.3) is 11.8 Å². The predicted octanol–water partition coefficient (Wildman–Crippen LogP) is 3.25. The summed E-state index contributed by atoms with van der Waals surface area (Å²) in [7, 11) is 0. The standard InChI is InChI=1S/C22H24F2N4O5/c1-12-5-16-17(19-15(12)8-28(27-19)7-14-10-30-3-4-32-14)18(22(2,23)24)20(33-16)21(29)25-6-13-9-31-11-26-13/h8-9,11-12,14H,3-7,10H2,1-2H3,(H,25,29)/t12-,14+/m1/s1. The summed E-state index contributed by atoms with van der Waals surface area (Å²) in [5, 5.41) is 7.18. The zero-order chi connectivity index (χ0) is 23.2. The monoisotopic (exact) mass is 462 g/mol. The first kappa shape index (κ1) is 21.8. The lowest BCUT2D eigenvalue weighted by Crippen LogP contribution is -2.32. The van der Waals surface area contributed by atoms with Gasteiger partial charge in [-0.2, -0.15) is 5.10 Å². The predicted molar refractivity (Wildman–Crippen MR) is 110 cm³/mol. The molecule has 1 aliphatic carbocycles. The van der Waals surface area contributed by atoms with Crippen LogP contribution in [-0.4, -0.2) is 46.6 Å². The van der Waals surface area contributed by atoms with E-state index in [1.54, 1.807) is 4.68 Å². The number of nitrogens with zero attached hydrogens (tertiary/aromatic N) is 3. The van der Waals surface area contributed by atoms with Gasteiger partial charge in [-0.3, -0.25) is 9.48 Å². The van der Waals surface area contributed by atoms with Crippen molar-refractivity contribution >= 4 is 5.91 Å². The molecule has 0 unspecified atom stereocenters. The number of hydrogen-bond donors (Lipinski definition) is 1. The summed E-state index contributed by atoms with van der Waals surface area (Å²) < 4.78 is 53.1. The van der Waals surface area contributed by atoms with Crippen LogP contribution in [0.25, 0.3) is 11.3 Å². The number of aromatic nitrogens is 3. The molecule has 1 saturated heterocycles. The van der Waals surface area contributed by atoms with Crippen LogP contribution in [0.2, 0.25) is 0 Å². The molecule has 3 aromatic heterocycles. The molecule has 0 spiro atoms. The fraction of sp³-hybridized carbons (Fsp3) is 0.500. The molecule has 0 bridgehead atoms. The summed E-state index contributed by atoms with van der Waals surface area (Å²) in [6.45, 7) is 4.71. The Morgan fingerprint density at radius 3 is 2.91 bits per heavy atom. The second-order valence-corrected chi connectivity index (χ2v) is 8.48. The highest BCUT2D eigenvalue weighted by Crippen LogP contribution is 2.48. The quantitative estimate of drug-likeness (QED) is 0.600. The summed E-state index contributed by atoms with van der Waals surface area (Å²) >= 11 is 0. The van der Waals surface area contributed by atoms with Crippen LogP contribution >= 0.6 is 0 Å². The summed E-state index contributed by atoms with van der Waals surface area (Å²) in [5.41, 5.74) is 1.46. The number of carbonyl (C=O) groups is 1. The summed E-state index contributed by atoms with van der Waals surface area (Å²) in [4.78, 5) is 16.8. The molecule has 2 aliphatic rings. The molecule has 5 rings (SSSR count). The average Bonchev–Trinajstić information content (AvgIpc) is 3.50. The van der Waals surface area contributed by atoms with E-state index in [9.17, 15) is 13.6 Å². The van der Waals surface area contributed by atoms with Gasteiger partial charge >= 0.3 is 0 Å². The van der Waals surface area contributed by atoms with Gasteiger partial charge in [0.1, 0.15) is 18.1 Å². The Labute approximate surface area is 188 Å². The Morgan fingerprint density at radius 1 is 1.36 bits per heavy atom. The zero-order valence-corrected chi connectivity index (χ0v) is 18.3. The van der Waals surface area contributed by atoms with Crippen LogP contribution in [0.4, 0.5) is 8.78 Å². The number of halogens is 2. The first-order valence-electron chi connectivity index (χ1n) is 10.8. The lowest BCUT2D eigenvalue weighted by Gasteiger charge is -2.22. The first-order chi connectivity index (χ1) is 15.8. The molecule has 0 saturated carbocycles. The number of furan rings is 1. The molecule has 1 aliphatic heterocycles. The molecule has 0 radical (unpaired) electrons. The van der Waals surface area contributed by atoms with Crippen molar-refractivity contribution in [2.45, 2.75) is 51.3 Å². The van der Waals surface area contributed by atoms with E-state index in [-0.39, 0.29) is 24.1 Å². The lowest BCUT2D eigenvalue weighted by molar-refractivity contribution is -0.0946. The molecule has 1 fully saturated rings. The summed E-state index contributed by atoms with van der Waals surface area (Å²) in [5.74, 6) is -4.15. The number of oxazole rings is 1. The second kappa shape index (κ2) is 8.38. The van der Waals surface area contributed by atoms with Gasteiger partial charge in [-0.15, -0.1) is 0 Å². The van der Waals surface area contributed by atoms with Crippen LogP contribution in [0, 0.1) is 0 Å². The Kier molecular flexibility index (Phi) is 5.53. The van der Waals surface area contributed by atoms with Gasteiger partial charge in [0.05, 0.1) is 55.4 Å². The summed E-state index contributed by atoms with van der Waals surface area (Å²) in [6, 6.07) is 0. The Morgan fingerprint density at radius 2 is 2.21 bits per heavy atom. The summed E-state index contributed by atoms with van der Waals surface area (Å²) in [6.07, 6.45) is 4.67. The maximum absolute atomic E-state index is 14.8. The van der Waals surface area contributed by atoms with Crippen molar-refractivity contribution in [3.63, 3.8) is 0 Å². The van der Waals surface area contributed by atoms with Gasteiger partial charge in [0, 0.05) is 25.1 Å². The van der Waals surface area contributed by atoms with Crippen molar-refractivity contribution in [1.82, 2.24) is 20.1 Å². The molecule has 1 amide bonds. The van der Waals surface area contributed by atoms with Crippen LogP contribution in [0.5, 0.6) is 0 Å². The van der Waals surface area contributed by atoms with Gasteiger partial charge in [-0.05, 0) is 5.92 Å². The van der Waals surface area contributed by atoms with Gasteiger partial charge in [0.15, 0.2) is 6.39 Å². The molecule has 33 heavy (non-hydrogen) atoms. The number of ether oxygens (including phenoxy) is 2. The van der Waals surface area contributed by atoms with Crippen molar-refractivity contribution in [2.24, 2.45) is 0 Å². The number of hydrogen-bond acceptors (Lipinski definition) is 7. The molecule has 1 N–H and O–H groups in total. The van der Waals surface area contributed by atoms with Crippen molar-refractivity contribution in [3.8, 4) is 11.3 Å². The van der Waals surface area contributed by atoms with E-state index in [4.69, 9.17) is 18.3 Å². The molecule has 3 aromatic rings. The molecule has 176 valence electrons. The van der Waals surface area contributed by atoms with Crippen molar-refractivity contribution < 1.29 is 31.9 Å². The van der Waals surface area contributed by atoms with Crippen LogP contribution in [0.1, 0.15) is 52.9 Å². The van der Waals surface area contributed by atoms with Crippen LogP contribution in [-0.2, 0) is 34.9 Å². The number of alkyl halides is 2. The minimum Gasteiger partial charge on any atom is -0.455 e. The maximum Gasteiger partial charge on any atom is 0.287 e. The normalized spacial score (nSPS) is 20.4. The number of rotatable bonds is 6. The SMILES string of the molecule is C[C@@H]1Cc2oc(C(=O)NCc3cocn3)c(C(C)(F)F)c2-c2nn(C[C@H]3COCCO3)cc21. The van der Waals surface area contributed by atoms with Gasteiger partial charge < -0.3 is 23.6 Å².